The van der Waals surface area contributed by atoms with Gasteiger partial charge in [-0.3, -0.25) is 4.90 Å². The average Bonchev–Trinajstić information content (AvgIpc) is 2.49. The van der Waals surface area contributed by atoms with Crippen LogP contribution in [0.3, 0.4) is 0 Å². The third-order valence-electron chi connectivity index (χ3n) is 5.00. The Hall–Kier alpha value is -0.120. The van der Waals surface area contributed by atoms with Gasteiger partial charge in [0.1, 0.15) is 0 Å². The van der Waals surface area contributed by atoms with Crippen molar-refractivity contribution in [3.8, 4) is 0 Å². The molecule has 1 saturated carbocycles. The van der Waals surface area contributed by atoms with Gasteiger partial charge in [0, 0.05) is 32.8 Å². The average molecular weight is 284 g/mol. The number of nitrogens with zero attached hydrogens (tertiary/aromatic N) is 1. The van der Waals surface area contributed by atoms with E-state index in [9.17, 15) is 0 Å². The fraction of sp³-hybridized carbons (Fsp3) is 1.00. The van der Waals surface area contributed by atoms with Crippen molar-refractivity contribution in [1.82, 2.24) is 10.2 Å². The largest absolute Gasteiger partial charge is 0.383 e. The standard InChI is InChI=1S/C17H36N2O/c1-5-16(3)19(12-13-20-4)15-17(14-18-6-2)10-8-7-9-11-17/h16,18H,5-15H2,1-4H3. The molecule has 0 heterocycles. The second kappa shape index (κ2) is 9.75. The van der Waals surface area contributed by atoms with Crippen LogP contribution < -0.4 is 5.32 Å². The van der Waals surface area contributed by atoms with E-state index in [1.165, 1.54) is 51.6 Å². The van der Waals surface area contributed by atoms with E-state index in [1.54, 1.807) is 0 Å². The Morgan fingerprint density at radius 1 is 1.20 bits per heavy atom. The van der Waals surface area contributed by atoms with Gasteiger partial charge in [-0.25, -0.2) is 0 Å². The maximum atomic E-state index is 5.31. The molecule has 0 aromatic rings. The van der Waals surface area contributed by atoms with Crippen molar-refractivity contribution in [3.63, 3.8) is 0 Å². The second-order valence-electron chi connectivity index (χ2n) is 6.56. The third-order valence-corrected chi connectivity index (χ3v) is 5.00. The van der Waals surface area contributed by atoms with E-state index < -0.39 is 0 Å². The predicted octanol–water partition coefficient (Wildman–Crippen LogP) is 3.29. The van der Waals surface area contributed by atoms with E-state index >= 15 is 0 Å². The summed E-state index contributed by atoms with van der Waals surface area (Å²) < 4.78 is 5.31. The fourth-order valence-corrected chi connectivity index (χ4v) is 3.44. The topological polar surface area (TPSA) is 24.5 Å². The molecule has 0 aliphatic heterocycles. The molecule has 0 spiro atoms. The van der Waals surface area contributed by atoms with Crippen LogP contribution in [-0.2, 0) is 4.74 Å². The number of ether oxygens (including phenoxy) is 1. The summed E-state index contributed by atoms with van der Waals surface area (Å²) in [5.74, 6) is 0. The van der Waals surface area contributed by atoms with Crippen LogP contribution in [0.15, 0.2) is 0 Å². The molecule has 120 valence electrons. The Bertz CT molecular complexity index is 239. The summed E-state index contributed by atoms with van der Waals surface area (Å²) in [7, 11) is 1.81. The van der Waals surface area contributed by atoms with Gasteiger partial charge in [0.15, 0.2) is 0 Å². The minimum absolute atomic E-state index is 0.491. The quantitative estimate of drug-likeness (QED) is 0.666. The summed E-state index contributed by atoms with van der Waals surface area (Å²) in [5.41, 5.74) is 0.491. The minimum Gasteiger partial charge on any atom is -0.383 e. The van der Waals surface area contributed by atoms with E-state index in [0.717, 1.165) is 19.7 Å². The van der Waals surface area contributed by atoms with Crippen LogP contribution >= 0.6 is 0 Å². The van der Waals surface area contributed by atoms with Crippen molar-refractivity contribution >= 4 is 0 Å². The van der Waals surface area contributed by atoms with Crippen LogP contribution in [0.5, 0.6) is 0 Å². The fourth-order valence-electron chi connectivity index (χ4n) is 3.44. The SMILES string of the molecule is CCNCC1(CN(CCOC)C(C)CC)CCCCC1. The van der Waals surface area contributed by atoms with Crippen LogP contribution in [0, 0.1) is 5.41 Å². The number of methoxy groups -OCH3 is 1. The Balaban J connectivity index is 2.66. The van der Waals surface area contributed by atoms with Gasteiger partial charge in [0.25, 0.3) is 0 Å². The molecule has 1 aliphatic carbocycles. The summed E-state index contributed by atoms with van der Waals surface area (Å²) in [5, 5.41) is 3.62. The van der Waals surface area contributed by atoms with Crippen LogP contribution in [0.4, 0.5) is 0 Å². The van der Waals surface area contributed by atoms with Gasteiger partial charge in [0.2, 0.25) is 0 Å². The van der Waals surface area contributed by atoms with Crippen molar-refractivity contribution in [2.75, 3.05) is 39.9 Å². The zero-order chi connectivity index (χ0) is 14.8. The molecular formula is C17H36N2O. The molecule has 0 radical (unpaired) electrons. The van der Waals surface area contributed by atoms with Crippen LogP contribution in [0.2, 0.25) is 0 Å². The van der Waals surface area contributed by atoms with E-state index in [4.69, 9.17) is 4.74 Å². The first-order valence-corrected chi connectivity index (χ1v) is 8.61. The first-order chi connectivity index (χ1) is 9.67. The molecule has 3 nitrogen and oxygen atoms in total. The molecule has 0 aromatic heterocycles. The summed E-state index contributed by atoms with van der Waals surface area (Å²) >= 11 is 0. The summed E-state index contributed by atoms with van der Waals surface area (Å²) in [6.07, 6.45) is 8.24. The van der Waals surface area contributed by atoms with E-state index in [-0.39, 0.29) is 0 Å². The lowest BCUT2D eigenvalue weighted by atomic mass is 9.73. The van der Waals surface area contributed by atoms with Crippen LogP contribution in [0.25, 0.3) is 0 Å². The normalized spacial score (nSPS) is 20.2. The molecule has 1 fully saturated rings. The van der Waals surface area contributed by atoms with Crippen molar-refractivity contribution in [1.29, 1.82) is 0 Å². The Kier molecular flexibility index (Phi) is 8.74. The van der Waals surface area contributed by atoms with Gasteiger partial charge in [-0.05, 0) is 38.1 Å². The molecule has 0 amide bonds. The molecule has 20 heavy (non-hydrogen) atoms. The minimum atomic E-state index is 0.491. The molecule has 0 saturated heterocycles. The maximum Gasteiger partial charge on any atom is 0.0589 e. The molecule has 0 aromatic carbocycles. The Morgan fingerprint density at radius 2 is 1.90 bits per heavy atom. The summed E-state index contributed by atoms with van der Waals surface area (Å²) in [6.45, 7) is 12.3. The molecule has 1 rings (SSSR count). The highest BCUT2D eigenvalue weighted by molar-refractivity contribution is 4.89. The molecular weight excluding hydrogens is 248 g/mol. The van der Waals surface area contributed by atoms with Crippen molar-refractivity contribution in [2.45, 2.75) is 65.3 Å². The molecule has 1 atom stereocenters. The highest BCUT2D eigenvalue weighted by Crippen LogP contribution is 2.37. The van der Waals surface area contributed by atoms with Crippen LogP contribution in [-0.4, -0.2) is 50.8 Å². The lowest BCUT2D eigenvalue weighted by molar-refractivity contribution is 0.0562. The van der Waals surface area contributed by atoms with E-state index in [1.807, 2.05) is 7.11 Å². The second-order valence-corrected chi connectivity index (χ2v) is 6.56. The van der Waals surface area contributed by atoms with Gasteiger partial charge in [0.05, 0.1) is 6.61 Å². The van der Waals surface area contributed by atoms with E-state index in [0.29, 0.717) is 11.5 Å². The molecule has 0 bridgehead atoms. The number of hydrogen-bond acceptors (Lipinski definition) is 3. The maximum absolute atomic E-state index is 5.31. The van der Waals surface area contributed by atoms with Gasteiger partial charge in [-0.1, -0.05) is 33.1 Å². The molecule has 1 aliphatic rings. The predicted molar refractivity (Wildman–Crippen MR) is 87.3 cm³/mol. The first-order valence-electron chi connectivity index (χ1n) is 8.61. The Morgan fingerprint density at radius 3 is 2.45 bits per heavy atom. The highest BCUT2D eigenvalue weighted by Gasteiger charge is 2.34. The molecule has 3 heteroatoms. The molecule has 1 unspecified atom stereocenters. The number of nitrogens with one attached hydrogen (secondary N) is 1. The smallest absolute Gasteiger partial charge is 0.0589 e. The van der Waals surface area contributed by atoms with Crippen molar-refractivity contribution < 1.29 is 4.74 Å². The monoisotopic (exact) mass is 284 g/mol. The summed E-state index contributed by atoms with van der Waals surface area (Å²) in [6, 6.07) is 0.658. The Labute approximate surface area is 126 Å². The first kappa shape index (κ1) is 17.9. The van der Waals surface area contributed by atoms with Crippen LogP contribution in [0.1, 0.15) is 59.3 Å². The summed E-state index contributed by atoms with van der Waals surface area (Å²) in [4.78, 5) is 2.66. The zero-order valence-electron chi connectivity index (χ0n) is 14.2. The lowest BCUT2D eigenvalue weighted by Gasteiger charge is -2.43. The number of hydrogen-bond donors (Lipinski definition) is 1. The molecule has 1 N–H and O–H groups in total. The highest BCUT2D eigenvalue weighted by atomic mass is 16.5. The van der Waals surface area contributed by atoms with Gasteiger partial charge < -0.3 is 10.1 Å². The van der Waals surface area contributed by atoms with Crippen molar-refractivity contribution in [2.24, 2.45) is 5.41 Å². The lowest BCUT2D eigenvalue weighted by Crippen LogP contribution is -2.48. The zero-order valence-corrected chi connectivity index (χ0v) is 14.2. The van der Waals surface area contributed by atoms with Crippen molar-refractivity contribution in [3.05, 3.63) is 0 Å². The number of rotatable bonds is 10. The van der Waals surface area contributed by atoms with Gasteiger partial charge in [-0.2, -0.15) is 0 Å². The third kappa shape index (κ3) is 5.71. The van der Waals surface area contributed by atoms with Gasteiger partial charge in [-0.15, -0.1) is 0 Å². The van der Waals surface area contributed by atoms with E-state index in [2.05, 4.69) is 31.0 Å². The van der Waals surface area contributed by atoms with Gasteiger partial charge >= 0.3 is 0 Å².